The number of rotatable bonds is 0. The Morgan fingerprint density at radius 3 is 1.00 bits per heavy atom. The van der Waals surface area contributed by atoms with E-state index in [4.69, 9.17) is 0 Å². The van der Waals surface area contributed by atoms with Gasteiger partial charge in [0.2, 0.25) is 0 Å². The van der Waals surface area contributed by atoms with Crippen molar-refractivity contribution in [2.75, 3.05) is 0 Å². The molecule has 0 aromatic rings. The molecule has 0 atom stereocenters. The molecular formula is H4BaCuGdO. The molecule has 4 heavy (non-hydrogen) atoms. The topological polar surface area (TPSA) is 31.5 Å². The zero-order valence-corrected chi connectivity index (χ0v) is 4.37. The van der Waals surface area contributed by atoms with Crippen LogP contribution in [0.4, 0.5) is 0 Å². The monoisotopic (exact) mass is 379 g/mol. The van der Waals surface area contributed by atoms with Crippen molar-refractivity contribution < 1.29 is 62.5 Å². The van der Waals surface area contributed by atoms with E-state index in [1.54, 1.807) is 0 Å². The van der Waals surface area contributed by atoms with Gasteiger partial charge in [-0.05, 0) is 0 Å². The Balaban J connectivity index is 0. The molecular weight excluding hydrogens is 374 g/mol. The third-order valence-corrected chi connectivity index (χ3v) is 0. The number of hydrogen-bond acceptors (Lipinski definition) is 0. The van der Waals surface area contributed by atoms with Gasteiger partial charge < -0.3 is 5.48 Å². The first-order valence-corrected chi connectivity index (χ1v) is 0. The molecule has 2 N–H and O–H groups in total. The Hall–Kier alpha value is 3.38. The first-order chi connectivity index (χ1) is 0. The quantitative estimate of drug-likeness (QED) is 0.449. The molecule has 0 unspecified atom stereocenters. The van der Waals surface area contributed by atoms with E-state index >= 15 is 0 Å². The molecule has 0 aromatic carbocycles. The van der Waals surface area contributed by atoms with Crippen LogP contribution >= 0.6 is 0 Å². The van der Waals surface area contributed by atoms with Crippen molar-refractivity contribution in [1.29, 1.82) is 0 Å². The molecule has 31 valence electrons. The van der Waals surface area contributed by atoms with Gasteiger partial charge in [0.05, 0.1) is 0 Å². The average Bonchev–Trinajstić information content (AvgIpc) is 0. The van der Waals surface area contributed by atoms with E-state index in [0.29, 0.717) is 0 Å². The van der Waals surface area contributed by atoms with E-state index in [-0.39, 0.29) is 111 Å². The van der Waals surface area contributed by atoms with Crippen molar-refractivity contribution in [3.05, 3.63) is 0 Å². The minimum Gasteiger partial charge on any atom is 0 e. The molecule has 0 aliphatic rings. The fourth-order valence-electron chi connectivity index (χ4n) is 0. The molecule has 0 aliphatic heterocycles. The summed E-state index contributed by atoms with van der Waals surface area (Å²) in [6.07, 6.45) is 0. The van der Waals surface area contributed by atoms with Crippen LogP contribution in [0.3, 0.4) is 0 Å². The van der Waals surface area contributed by atoms with Gasteiger partial charge in [-0.1, -0.05) is 0 Å². The van der Waals surface area contributed by atoms with Gasteiger partial charge >= 0.3 is 48.9 Å². The normalized spacial score (nSPS) is 0. The summed E-state index contributed by atoms with van der Waals surface area (Å²) in [6, 6.07) is 0. The molecule has 0 bridgehead atoms. The molecule has 0 saturated heterocycles. The maximum atomic E-state index is 0. The van der Waals surface area contributed by atoms with Crippen molar-refractivity contribution in [1.82, 2.24) is 0 Å². The summed E-state index contributed by atoms with van der Waals surface area (Å²) >= 11 is 0. The Morgan fingerprint density at radius 2 is 1.00 bits per heavy atom. The second-order valence-electron chi connectivity index (χ2n) is 0. The Morgan fingerprint density at radius 1 is 1.00 bits per heavy atom. The van der Waals surface area contributed by atoms with Crippen LogP contribution in [0.5, 0.6) is 0 Å². The Bertz CT molecular complexity index is 8.00. The molecule has 1 nitrogen and oxygen atoms in total. The maximum Gasteiger partial charge on any atom is 0 e. The molecule has 0 heterocycles. The Labute approximate surface area is 108 Å². The van der Waals surface area contributed by atoms with Crippen LogP contribution in [0.15, 0.2) is 0 Å². The third-order valence-electron chi connectivity index (χ3n) is 0. The van der Waals surface area contributed by atoms with Crippen molar-refractivity contribution in [2.45, 2.75) is 0 Å². The van der Waals surface area contributed by atoms with Crippen molar-refractivity contribution >= 4 is 48.9 Å². The summed E-state index contributed by atoms with van der Waals surface area (Å²) in [4.78, 5) is 0. The minimum atomic E-state index is 0. The van der Waals surface area contributed by atoms with Crippen LogP contribution in [-0.2, 0) is 17.1 Å². The second-order valence-corrected chi connectivity index (χ2v) is 0. The van der Waals surface area contributed by atoms with Crippen LogP contribution in [0.25, 0.3) is 0 Å². The van der Waals surface area contributed by atoms with Gasteiger partial charge in [-0.2, -0.15) is 0 Å². The van der Waals surface area contributed by atoms with Crippen molar-refractivity contribution in [3.63, 3.8) is 0 Å². The van der Waals surface area contributed by atoms with Gasteiger partial charge in [0.15, 0.2) is 0 Å². The SMILES string of the molecule is O.[BaH2].[Cu].[Gd]. The zero-order chi connectivity index (χ0) is 0. The van der Waals surface area contributed by atoms with Gasteiger partial charge in [0.1, 0.15) is 0 Å². The van der Waals surface area contributed by atoms with Crippen LogP contribution in [-0.4, -0.2) is 54.4 Å². The standard InChI is InChI=1S/Ba.Cu.Gd.H2O.2H/h;;;1H2;;. The molecule has 0 saturated carbocycles. The smallest absolute Gasteiger partial charge is 0 e. The van der Waals surface area contributed by atoms with Gasteiger partial charge in [-0.25, -0.2) is 0 Å². The fourth-order valence-corrected chi connectivity index (χ4v) is 0. The summed E-state index contributed by atoms with van der Waals surface area (Å²) in [5.41, 5.74) is 0. The van der Waals surface area contributed by atoms with E-state index in [1.165, 1.54) is 0 Å². The average molecular weight is 378 g/mol. The summed E-state index contributed by atoms with van der Waals surface area (Å²) in [6.45, 7) is 0. The molecule has 0 amide bonds. The predicted octanol–water partition coefficient (Wildman–Crippen LogP) is -1.74. The second kappa shape index (κ2) is 16.2. The Kier molecular flexibility index (Phi) is 106. The summed E-state index contributed by atoms with van der Waals surface area (Å²) < 4.78 is 0. The summed E-state index contributed by atoms with van der Waals surface area (Å²) in [5.74, 6) is 0. The molecule has 0 fully saturated rings. The van der Waals surface area contributed by atoms with Crippen LogP contribution in [0.1, 0.15) is 0 Å². The van der Waals surface area contributed by atoms with E-state index in [0.717, 1.165) is 0 Å². The maximum absolute atomic E-state index is 0. The third kappa shape index (κ3) is 9.03. The molecule has 0 rings (SSSR count). The van der Waals surface area contributed by atoms with Crippen LogP contribution in [0, 0.1) is 39.9 Å². The molecule has 1 radical (unpaired) electrons. The van der Waals surface area contributed by atoms with Gasteiger partial charge in [0.25, 0.3) is 0 Å². The molecule has 4 heteroatoms. The number of hydrogen-bond donors (Lipinski definition) is 0. The van der Waals surface area contributed by atoms with E-state index in [2.05, 4.69) is 0 Å². The van der Waals surface area contributed by atoms with Crippen LogP contribution in [0.2, 0.25) is 0 Å². The summed E-state index contributed by atoms with van der Waals surface area (Å²) in [7, 11) is 0. The van der Waals surface area contributed by atoms with Crippen molar-refractivity contribution in [2.24, 2.45) is 0 Å². The van der Waals surface area contributed by atoms with E-state index < -0.39 is 0 Å². The van der Waals surface area contributed by atoms with Crippen LogP contribution < -0.4 is 0 Å². The first-order valence-electron chi connectivity index (χ1n) is 0. The predicted molar refractivity (Wildman–Crippen MR) is 12.2 cm³/mol. The van der Waals surface area contributed by atoms with E-state index in [1.807, 2.05) is 0 Å². The summed E-state index contributed by atoms with van der Waals surface area (Å²) in [5, 5.41) is 0. The first kappa shape index (κ1) is 26.3. The van der Waals surface area contributed by atoms with E-state index in [9.17, 15) is 0 Å². The molecule has 0 aliphatic carbocycles. The minimum absolute atomic E-state index is 0. The molecule has 0 spiro atoms. The largest absolute Gasteiger partial charge is 0 e. The van der Waals surface area contributed by atoms with Gasteiger partial charge in [-0.15, -0.1) is 0 Å². The zero-order valence-electron chi connectivity index (χ0n) is 1.16. The van der Waals surface area contributed by atoms with Gasteiger partial charge in [0, 0.05) is 57.0 Å². The fraction of sp³-hybridized carbons (Fsp3) is 0. The van der Waals surface area contributed by atoms with Crippen molar-refractivity contribution in [3.8, 4) is 0 Å². The molecule has 0 aromatic heterocycles. The van der Waals surface area contributed by atoms with Gasteiger partial charge in [-0.3, -0.25) is 0 Å².